The van der Waals surface area contributed by atoms with Crippen LogP contribution in [0.1, 0.15) is 33.0 Å². The molecule has 0 aliphatic heterocycles. The van der Waals surface area contributed by atoms with Gasteiger partial charge in [-0.2, -0.15) is 5.48 Å². The molecular formula is C28H28N6O3. The maximum atomic E-state index is 12.6. The van der Waals surface area contributed by atoms with Gasteiger partial charge >= 0.3 is 6.09 Å². The average Bonchev–Trinajstić information content (AvgIpc) is 2.93. The van der Waals surface area contributed by atoms with Gasteiger partial charge in [-0.05, 0) is 48.4 Å². The molecule has 0 atom stereocenters. The summed E-state index contributed by atoms with van der Waals surface area (Å²) in [5.74, 6) is -0.539. The zero-order valence-electron chi connectivity index (χ0n) is 20.3. The first-order valence-corrected chi connectivity index (χ1v) is 11.9. The molecule has 37 heavy (non-hydrogen) atoms. The molecule has 0 bridgehead atoms. The Hall–Kier alpha value is -4.63. The highest BCUT2D eigenvalue weighted by Gasteiger charge is 2.14. The number of hydrogen-bond donors (Lipinski definition) is 2. The van der Waals surface area contributed by atoms with Crippen molar-refractivity contribution in [3.8, 4) is 0 Å². The van der Waals surface area contributed by atoms with E-state index in [0.717, 1.165) is 17.0 Å². The zero-order valence-corrected chi connectivity index (χ0v) is 20.3. The first kappa shape index (κ1) is 25.5. The number of aromatic nitrogens is 3. The zero-order chi connectivity index (χ0) is 25.7. The van der Waals surface area contributed by atoms with Crippen LogP contribution in [0.3, 0.4) is 0 Å². The quantitative estimate of drug-likeness (QED) is 0.322. The maximum Gasteiger partial charge on any atom is 0.431 e. The van der Waals surface area contributed by atoms with Gasteiger partial charge in [0.1, 0.15) is 0 Å². The lowest BCUT2D eigenvalue weighted by Gasteiger charge is -2.21. The molecule has 2 amide bonds. The molecular weight excluding hydrogens is 468 g/mol. The van der Waals surface area contributed by atoms with Crippen LogP contribution in [-0.2, 0) is 30.9 Å². The van der Waals surface area contributed by atoms with Crippen molar-refractivity contribution in [3.63, 3.8) is 0 Å². The molecule has 4 aromatic rings. The Labute approximate surface area is 215 Å². The van der Waals surface area contributed by atoms with Crippen LogP contribution in [0.25, 0.3) is 0 Å². The molecule has 2 N–H and O–H groups in total. The summed E-state index contributed by atoms with van der Waals surface area (Å²) >= 11 is 0. The lowest BCUT2D eigenvalue weighted by Crippen LogP contribution is -2.34. The molecule has 9 nitrogen and oxygen atoms in total. The summed E-state index contributed by atoms with van der Waals surface area (Å²) in [6.45, 7) is 2.03. The highest BCUT2D eigenvalue weighted by molar-refractivity contribution is 5.94. The van der Waals surface area contributed by atoms with Crippen molar-refractivity contribution in [1.29, 1.82) is 0 Å². The summed E-state index contributed by atoms with van der Waals surface area (Å²) in [6.07, 6.45) is 5.01. The number of pyridine rings is 3. The molecule has 3 aromatic heterocycles. The van der Waals surface area contributed by atoms with Gasteiger partial charge in [-0.25, -0.2) is 4.79 Å². The fourth-order valence-electron chi connectivity index (χ4n) is 3.69. The second-order valence-corrected chi connectivity index (χ2v) is 8.31. The Morgan fingerprint density at radius 1 is 0.730 bits per heavy atom. The highest BCUT2D eigenvalue weighted by atomic mass is 16.7. The minimum Gasteiger partial charge on any atom is -0.321 e. The van der Waals surface area contributed by atoms with Gasteiger partial charge in [-0.1, -0.05) is 42.5 Å². The molecule has 0 aliphatic rings. The van der Waals surface area contributed by atoms with Gasteiger partial charge in [0.05, 0.1) is 17.1 Å². The van der Waals surface area contributed by atoms with Crippen LogP contribution in [-0.4, -0.2) is 38.4 Å². The SMILES string of the molecule is O=C(NCCc1ccccc1)ONC(=O)c1ccnc(CN(Cc2ccccn2)Cc2ccccn2)c1. The molecule has 0 radical (unpaired) electrons. The number of nitrogens with one attached hydrogen (secondary N) is 2. The molecule has 0 unspecified atom stereocenters. The molecule has 3 heterocycles. The van der Waals surface area contributed by atoms with Crippen molar-refractivity contribution in [2.24, 2.45) is 0 Å². The number of hydrogen-bond acceptors (Lipinski definition) is 7. The van der Waals surface area contributed by atoms with E-state index >= 15 is 0 Å². The lowest BCUT2D eigenvalue weighted by molar-refractivity contribution is 0.0572. The smallest absolute Gasteiger partial charge is 0.321 e. The van der Waals surface area contributed by atoms with Crippen molar-refractivity contribution < 1.29 is 14.4 Å². The van der Waals surface area contributed by atoms with Crippen LogP contribution in [0.4, 0.5) is 4.79 Å². The Kier molecular flexibility index (Phi) is 9.26. The lowest BCUT2D eigenvalue weighted by atomic mass is 10.1. The van der Waals surface area contributed by atoms with Crippen LogP contribution in [0, 0.1) is 0 Å². The fourth-order valence-corrected chi connectivity index (χ4v) is 3.69. The molecule has 1 aromatic carbocycles. The van der Waals surface area contributed by atoms with Crippen LogP contribution in [0.15, 0.2) is 97.5 Å². The Morgan fingerprint density at radius 2 is 1.35 bits per heavy atom. The second-order valence-electron chi connectivity index (χ2n) is 8.31. The summed E-state index contributed by atoms with van der Waals surface area (Å²) in [6, 6.07) is 24.6. The van der Waals surface area contributed by atoms with Crippen LogP contribution >= 0.6 is 0 Å². The third-order valence-corrected chi connectivity index (χ3v) is 5.45. The van der Waals surface area contributed by atoms with Crippen molar-refractivity contribution >= 4 is 12.0 Å². The van der Waals surface area contributed by atoms with E-state index in [-0.39, 0.29) is 0 Å². The molecule has 0 saturated carbocycles. The monoisotopic (exact) mass is 496 g/mol. The molecule has 188 valence electrons. The van der Waals surface area contributed by atoms with E-state index in [9.17, 15) is 9.59 Å². The van der Waals surface area contributed by atoms with Gasteiger partial charge in [0.2, 0.25) is 0 Å². The van der Waals surface area contributed by atoms with Gasteiger partial charge in [-0.15, -0.1) is 0 Å². The molecule has 0 fully saturated rings. The molecule has 0 spiro atoms. The van der Waals surface area contributed by atoms with Crippen molar-refractivity contribution in [2.45, 2.75) is 26.1 Å². The first-order valence-electron chi connectivity index (χ1n) is 11.9. The first-order chi connectivity index (χ1) is 18.2. The van der Waals surface area contributed by atoms with Gasteiger partial charge in [-0.3, -0.25) is 24.6 Å². The number of carbonyl (C=O) groups excluding carboxylic acids is 2. The topological polar surface area (TPSA) is 109 Å². The van der Waals surface area contributed by atoms with E-state index in [1.807, 2.05) is 66.7 Å². The van der Waals surface area contributed by atoms with Gasteiger partial charge in [0.15, 0.2) is 0 Å². The number of amides is 2. The third kappa shape index (κ3) is 8.52. The van der Waals surface area contributed by atoms with Gasteiger partial charge in [0, 0.05) is 50.3 Å². The third-order valence-electron chi connectivity index (χ3n) is 5.45. The second kappa shape index (κ2) is 13.5. The van der Waals surface area contributed by atoms with Gasteiger partial charge < -0.3 is 10.2 Å². The van der Waals surface area contributed by atoms with E-state index in [1.54, 1.807) is 30.7 Å². The standard InChI is InChI=1S/C28H28N6O3/c35-27(33-37-28(36)32-16-12-22-8-2-1-3-9-22)23-13-17-31-26(18-23)21-34(19-24-10-4-6-14-29-24)20-25-11-5-7-15-30-25/h1-11,13-15,17-18H,12,16,19-21H2,(H,32,36)(H,33,35). The Balaban J connectivity index is 1.32. The van der Waals surface area contributed by atoms with E-state index in [0.29, 0.717) is 43.9 Å². The number of benzene rings is 1. The average molecular weight is 497 g/mol. The minimum atomic E-state index is -0.726. The van der Waals surface area contributed by atoms with E-state index in [2.05, 4.69) is 30.6 Å². The summed E-state index contributed by atoms with van der Waals surface area (Å²) in [4.78, 5) is 44.8. The number of carbonyl (C=O) groups is 2. The van der Waals surface area contributed by atoms with E-state index < -0.39 is 12.0 Å². The van der Waals surface area contributed by atoms with Gasteiger partial charge in [0.25, 0.3) is 5.91 Å². The van der Waals surface area contributed by atoms with Crippen molar-refractivity contribution in [1.82, 2.24) is 30.6 Å². The predicted molar refractivity (Wildman–Crippen MR) is 138 cm³/mol. The summed E-state index contributed by atoms with van der Waals surface area (Å²) in [5.41, 5.74) is 6.14. The molecule has 4 rings (SSSR count). The number of nitrogens with zero attached hydrogens (tertiary/aromatic N) is 4. The Morgan fingerprint density at radius 3 is 2.00 bits per heavy atom. The summed E-state index contributed by atoms with van der Waals surface area (Å²) in [5, 5.41) is 2.62. The molecule has 0 aliphatic carbocycles. The highest BCUT2D eigenvalue weighted by Crippen LogP contribution is 2.12. The van der Waals surface area contributed by atoms with Crippen LogP contribution in [0.5, 0.6) is 0 Å². The minimum absolute atomic E-state index is 0.331. The molecule has 0 saturated heterocycles. The number of rotatable bonds is 10. The van der Waals surface area contributed by atoms with E-state index in [1.165, 1.54) is 0 Å². The Bertz CT molecular complexity index is 1230. The number of hydroxylamine groups is 1. The normalized spacial score (nSPS) is 10.6. The predicted octanol–water partition coefficient (Wildman–Crippen LogP) is 3.69. The fraction of sp³-hybridized carbons (Fsp3) is 0.179. The summed E-state index contributed by atoms with van der Waals surface area (Å²) < 4.78 is 0. The maximum absolute atomic E-state index is 12.6. The van der Waals surface area contributed by atoms with Crippen molar-refractivity contribution in [3.05, 3.63) is 126 Å². The summed E-state index contributed by atoms with van der Waals surface area (Å²) in [7, 11) is 0. The van der Waals surface area contributed by atoms with E-state index in [4.69, 9.17) is 4.84 Å². The molecule has 9 heteroatoms. The van der Waals surface area contributed by atoms with Crippen LogP contribution in [0.2, 0.25) is 0 Å². The van der Waals surface area contributed by atoms with Crippen LogP contribution < -0.4 is 10.8 Å². The van der Waals surface area contributed by atoms with Crippen molar-refractivity contribution in [2.75, 3.05) is 6.54 Å². The largest absolute Gasteiger partial charge is 0.431 e.